The lowest BCUT2D eigenvalue weighted by Gasteiger charge is -2.27. The van der Waals surface area contributed by atoms with E-state index >= 15 is 0 Å². The first-order valence-corrected chi connectivity index (χ1v) is 10.4. The van der Waals surface area contributed by atoms with Gasteiger partial charge in [0.15, 0.2) is 0 Å². The van der Waals surface area contributed by atoms with Gasteiger partial charge in [-0.25, -0.2) is 9.69 Å². The molecule has 2 saturated heterocycles. The van der Waals surface area contributed by atoms with Crippen LogP contribution in [0.1, 0.15) is 24.0 Å². The number of carbonyl (C=O) groups is 3. The predicted molar refractivity (Wildman–Crippen MR) is 121 cm³/mol. The molecule has 2 fully saturated rings. The molecule has 2 aromatic carbocycles. The fraction of sp³-hybridized carbons (Fsp3) is 0.292. The molecule has 0 saturated carbocycles. The Morgan fingerprint density at radius 3 is 2.38 bits per heavy atom. The normalized spacial score (nSPS) is 17.7. The smallest absolute Gasteiger partial charge is 0.336 e. The number of nitrogens with zero attached hydrogens (tertiary/aromatic N) is 2. The molecular formula is C24H25N3O5. The van der Waals surface area contributed by atoms with Crippen molar-refractivity contribution in [3.8, 4) is 11.5 Å². The molecule has 0 aromatic heterocycles. The summed E-state index contributed by atoms with van der Waals surface area (Å²) in [6.45, 7) is 4.00. The van der Waals surface area contributed by atoms with Crippen LogP contribution in [0, 0.1) is 6.92 Å². The van der Waals surface area contributed by atoms with Gasteiger partial charge in [-0.3, -0.25) is 14.9 Å². The summed E-state index contributed by atoms with van der Waals surface area (Å²) in [4.78, 5) is 41.5. The molecule has 0 spiro atoms. The van der Waals surface area contributed by atoms with Crippen LogP contribution in [0.2, 0.25) is 0 Å². The molecule has 4 amide bonds. The summed E-state index contributed by atoms with van der Waals surface area (Å²) < 4.78 is 10.5. The molecule has 0 bridgehead atoms. The molecule has 166 valence electrons. The van der Waals surface area contributed by atoms with Crippen molar-refractivity contribution in [2.24, 2.45) is 0 Å². The number of ether oxygens (including phenoxy) is 2. The first-order chi connectivity index (χ1) is 15.4. The minimum absolute atomic E-state index is 0.125. The lowest BCUT2D eigenvalue weighted by atomic mass is 10.0. The van der Waals surface area contributed by atoms with E-state index in [2.05, 4.69) is 16.3 Å². The number of amides is 4. The number of hydrogen-bond donors (Lipinski definition) is 1. The Morgan fingerprint density at radius 2 is 1.72 bits per heavy atom. The highest BCUT2D eigenvalue weighted by Gasteiger charge is 2.38. The van der Waals surface area contributed by atoms with Crippen LogP contribution in [0.5, 0.6) is 11.5 Å². The number of carbonyl (C=O) groups excluding carboxylic acids is 3. The fourth-order valence-electron chi connectivity index (χ4n) is 4.00. The minimum Gasteiger partial charge on any atom is -0.497 e. The number of rotatable bonds is 5. The van der Waals surface area contributed by atoms with Crippen molar-refractivity contribution in [1.29, 1.82) is 0 Å². The second-order valence-electron chi connectivity index (χ2n) is 7.73. The van der Waals surface area contributed by atoms with E-state index in [1.165, 1.54) is 33.1 Å². The van der Waals surface area contributed by atoms with Crippen LogP contribution >= 0.6 is 0 Å². The Hall–Kier alpha value is -3.81. The zero-order valence-corrected chi connectivity index (χ0v) is 18.3. The Balaban J connectivity index is 1.69. The van der Waals surface area contributed by atoms with Crippen molar-refractivity contribution in [2.45, 2.75) is 19.8 Å². The largest absolute Gasteiger partial charge is 0.497 e. The molecule has 8 heteroatoms. The quantitative estimate of drug-likeness (QED) is 0.573. The lowest BCUT2D eigenvalue weighted by molar-refractivity contribution is -0.122. The number of hydrogen-bond acceptors (Lipinski definition) is 6. The number of anilines is 2. The molecule has 0 radical (unpaired) electrons. The van der Waals surface area contributed by atoms with Crippen LogP contribution in [0.3, 0.4) is 0 Å². The van der Waals surface area contributed by atoms with E-state index in [0.717, 1.165) is 34.8 Å². The van der Waals surface area contributed by atoms with Gasteiger partial charge in [-0.2, -0.15) is 0 Å². The minimum atomic E-state index is -0.832. The van der Waals surface area contributed by atoms with Crippen LogP contribution in [0.25, 0.3) is 6.08 Å². The van der Waals surface area contributed by atoms with Gasteiger partial charge >= 0.3 is 6.03 Å². The summed E-state index contributed by atoms with van der Waals surface area (Å²) in [5.41, 5.74) is 2.89. The molecule has 2 aliphatic rings. The zero-order valence-electron chi connectivity index (χ0n) is 18.3. The van der Waals surface area contributed by atoms with E-state index in [4.69, 9.17) is 9.47 Å². The van der Waals surface area contributed by atoms with Crippen LogP contribution < -0.4 is 24.6 Å². The summed E-state index contributed by atoms with van der Waals surface area (Å²) in [6.07, 6.45) is 3.88. The molecular weight excluding hydrogens is 410 g/mol. The number of barbiturate groups is 1. The van der Waals surface area contributed by atoms with Gasteiger partial charge in [0.25, 0.3) is 11.8 Å². The third-order valence-electron chi connectivity index (χ3n) is 5.75. The number of benzene rings is 2. The Kier molecular flexibility index (Phi) is 5.85. The summed E-state index contributed by atoms with van der Waals surface area (Å²) >= 11 is 0. The third kappa shape index (κ3) is 3.91. The average molecular weight is 435 g/mol. The standard InChI is InChI=1S/C24H25N3O5/c1-15-12-17(26-10-4-5-11-26)7-6-16(15)13-19-22(28)25-24(30)27(23(19)29)20-9-8-18(31-2)14-21(20)32-3/h6-9,12-14H,4-5,10-11H2,1-3H3,(H,25,28,30)/b19-13+. The SMILES string of the molecule is COc1ccc(N2C(=O)NC(=O)/C(=C\c3ccc(N4CCCC4)cc3C)C2=O)c(OC)c1. The maximum atomic E-state index is 13.2. The van der Waals surface area contributed by atoms with Crippen molar-refractivity contribution < 1.29 is 23.9 Å². The molecule has 0 atom stereocenters. The van der Waals surface area contributed by atoms with Gasteiger partial charge < -0.3 is 14.4 Å². The zero-order chi connectivity index (χ0) is 22.8. The van der Waals surface area contributed by atoms with Crippen molar-refractivity contribution in [3.63, 3.8) is 0 Å². The van der Waals surface area contributed by atoms with Crippen LogP contribution in [-0.2, 0) is 9.59 Å². The van der Waals surface area contributed by atoms with Crippen molar-refractivity contribution in [1.82, 2.24) is 5.32 Å². The highest BCUT2D eigenvalue weighted by Crippen LogP contribution is 2.34. The van der Waals surface area contributed by atoms with E-state index in [9.17, 15) is 14.4 Å². The fourth-order valence-corrected chi connectivity index (χ4v) is 4.00. The van der Waals surface area contributed by atoms with Gasteiger partial charge in [-0.1, -0.05) is 6.07 Å². The highest BCUT2D eigenvalue weighted by atomic mass is 16.5. The monoisotopic (exact) mass is 435 g/mol. The Labute approximate surface area is 186 Å². The Bertz CT molecular complexity index is 1120. The van der Waals surface area contributed by atoms with E-state index in [-0.39, 0.29) is 17.0 Å². The third-order valence-corrected chi connectivity index (χ3v) is 5.75. The number of methoxy groups -OCH3 is 2. The average Bonchev–Trinajstić information content (AvgIpc) is 3.32. The van der Waals surface area contributed by atoms with Gasteiger partial charge in [0, 0.05) is 24.8 Å². The van der Waals surface area contributed by atoms with E-state index < -0.39 is 17.8 Å². The van der Waals surface area contributed by atoms with E-state index in [1.807, 2.05) is 19.1 Å². The topological polar surface area (TPSA) is 88.2 Å². The number of aryl methyl sites for hydroxylation is 1. The van der Waals surface area contributed by atoms with Gasteiger partial charge in [-0.15, -0.1) is 0 Å². The molecule has 2 aromatic rings. The van der Waals surface area contributed by atoms with Gasteiger partial charge in [-0.05, 0) is 61.2 Å². The first kappa shape index (κ1) is 21.4. The van der Waals surface area contributed by atoms with Crippen LogP contribution in [-0.4, -0.2) is 45.2 Å². The Morgan fingerprint density at radius 1 is 0.969 bits per heavy atom. The maximum Gasteiger partial charge on any atom is 0.336 e. The molecule has 0 unspecified atom stereocenters. The molecule has 1 N–H and O–H groups in total. The molecule has 0 aliphatic carbocycles. The predicted octanol–water partition coefficient (Wildman–Crippen LogP) is 3.28. The van der Waals surface area contributed by atoms with Gasteiger partial charge in [0.05, 0.1) is 19.9 Å². The molecule has 2 heterocycles. The van der Waals surface area contributed by atoms with Crippen LogP contribution in [0.15, 0.2) is 42.0 Å². The van der Waals surface area contributed by atoms with Gasteiger partial charge in [0.2, 0.25) is 0 Å². The number of imide groups is 2. The summed E-state index contributed by atoms with van der Waals surface area (Å²) in [6, 6.07) is 9.83. The van der Waals surface area contributed by atoms with Crippen molar-refractivity contribution >= 4 is 35.3 Å². The van der Waals surface area contributed by atoms with Crippen molar-refractivity contribution in [2.75, 3.05) is 37.1 Å². The number of urea groups is 1. The summed E-state index contributed by atoms with van der Waals surface area (Å²) in [5.74, 6) is -0.666. The highest BCUT2D eigenvalue weighted by molar-refractivity contribution is 6.39. The molecule has 32 heavy (non-hydrogen) atoms. The van der Waals surface area contributed by atoms with Gasteiger partial charge in [0.1, 0.15) is 17.1 Å². The van der Waals surface area contributed by atoms with E-state index in [1.54, 1.807) is 18.2 Å². The summed E-state index contributed by atoms with van der Waals surface area (Å²) in [7, 11) is 2.93. The van der Waals surface area contributed by atoms with Crippen molar-refractivity contribution in [3.05, 3.63) is 53.1 Å². The second kappa shape index (κ2) is 8.74. The van der Waals surface area contributed by atoms with Crippen LogP contribution in [0.4, 0.5) is 16.2 Å². The lowest BCUT2D eigenvalue weighted by Crippen LogP contribution is -2.54. The molecule has 2 aliphatic heterocycles. The number of nitrogens with one attached hydrogen (secondary N) is 1. The first-order valence-electron chi connectivity index (χ1n) is 10.4. The second-order valence-corrected chi connectivity index (χ2v) is 7.73. The van der Waals surface area contributed by atoms with E-state index in [0.29, 0.717) is 5.75 Å². The molecule has 8 nitrogen and oxygen atoms in total. The summed E-state index contributed by atoms with van der Waals surface area (Å²) in [5, 5.41) is 2.25. The molecule has 4 rings (SSSR count). The maximum absolute atomic E-state index is 13.2.